The first-order valence-corrected chi connectivity index (χ1v) is 6.28. The lowest BCUT2D eigenvalue weighted by molar-refractivity contribution is 0.567. The van der Waals surface area contributed by atoms with E-state index in [2.05, 4.69) is 21.4 Å². The molecular formula is C7H6Cl2O3S. The molecular weight excluding hydrogens is 235 g/mol. The standard InChI is InChI=1S/C7H6O.Cl2O2S/c8-6-7-4-2-1-3-5-7;1-5(2,3)4/h1-4H,5H2;. The lowest BCUT2D eigenvalue weighted by atomic mass is 10.1. The van der Waals surface area contributed by atoms with Gasteiger partial charge in [0.1, 0.15) is 5.94 Å². The Morgan fingerprint density at radius 2 is 1.85 bits per heavy atom. The molecule has 0 atom stereocenters. The smallest absolute Gasteiger partial charge is 0.233 e. The third kappa shape index (κ3) is 11.5. The summed E-state index contributed by atoms with van der Waals surface area (Å²) in [5.41, 5.74) is 0.729. The SMILES string of the molecule is O=C=C1C=CC=CC1.O=S(=O)(Cl)Cl. The van der Waals surface area contributed by atoms with Crippen LogP contribution in [-0.2, 0) is 13.1 Å². The van der Waals surface area contributed by atoms with Gasteiger partial charge in [0.15, 0.2) is 0 Å². The van der Waals surface area contributed by atoms with Gasteiger partial charge >= 0.3 is 8.26 Å². The van der Waals surface area contributed by atoms with Crippen LogP contribution in [0.25, 0.3) is 0 Å². The lowest BCUT2D eigenvalue weighted by Crippen LogP contribution is -1.78. The molecule has 0 unspecified atom stereocenters. The molecule has 0 aromatic carbocycles. The van der Waals surface area contributed by atoms with Crippen molar-refractivity contribution in [2.24, 2.45) is 0 Å². The fraction of sp³-hybridized carbons (Fsp3) is 0.143. The van der Waals surface area contributed by atoms with Crippen LogP contribution in [0.2, 0.25) is 0 Å². The van der Waals surface area contributed by atoms with Gasteiger partial charge in [0.25, 0.3) is 0 Å². The highest BCUT2D eigenvalue weighted by atomic mass is 36.0. The van der Waals surface area contributed by atoms with E-state index in [-0.39, 0.29) is 0 Å². The van der Waals surface area contributed by atoms with Crippen molar-refractivity contribution in [3.63, 3.8) is 0 Å². The Morgan fingerprint density at radius 3 is 2.08 bits per heavy atom. The zero-order chi connectivity index (χ0) is 10.3. The number of carbonyl (C=O) groups excluding carboxylic acids is 1. The second-order valence-electron chi connectivity index (χ2n) is 2.00. The van der Waals surface area contributed by atoms with Gasteiger partial charge < -0.3 is 0 Å². The van der Waals surface area contributed by atoms with Gasteiger partial charge in [-0.15, -0.1) is 0 Å². The molecule has 0 heterocycles. The zero-order valence-electron chi connectivity index (χ0n) is 6.41. The van der Waals surface area contributed by atoms with Crippen LogP contribution in [0.4, 0.5) is 0 Å². The van der Waals surface area contributed by atoms with Crippen LogP contribution in [0.5, 0.6) is 0 Å². The van der Waals surface area contributed by atoms with Crippen LogP contribution in [0.15, 0.2) is 29.9 Å². The summed E-state index contributed by atoms with van der Waals surface area (Å²) in [7, 11) is 4.81. The van der Waals surface area contributed by atoms with Crippen LogP contribution in [0, 0.1) is 0 Å². The van der Waals surface area contributed by atoms with Gasteiger partial charge in [-0.1, -0.05) is 18.2 Å². The molecule has 0 fully saturated rings. The Morgan fingerprint density at radius 1 is 1.31 bits per heavy atom. The van der Waals surface area contributed by atoms with E-state index in [4.69, 9.17) is 8.42 Å². The van der Waals surface area contributed by atoms with E-state index in [0.717, 1.165) is 12.0 Å². The molecule has 72 valence electrons. The molecule has 0 amide bonds. The van der Waals surface area contributed by atoms with E-state index in [1.165, 1.54) is 0 Å². The highest BCUT2D eigenvalue weighted by molar-refractivity contribution is 8.31. The van der Waals surface area contributed by atoms with Crippen molar-refractivity contribution in [3.8, 4) is 0 Å². The first-order valence-electron chi connectivity index (χ1n) is 3.15. The average molecular weight is 241 g/mol. The summed E-state index contributed by atoms with van der Waals surface area (Å²) in [6.07, 6.45) is 8.19. The maximum Gasteiger partial charge on any atom is 0.317 e. The molecule has 0 aliphatic heterocycles. The molecule has 1 aliphatic carbocycles. The lowest BCUT2D eigenvalue weighted by Gasteiger charge is -1.92. The Hall–Kier alpha value is -0.540. The minimum Gasteiger partial charge on any atom is -0.233 e. The van der Waals surface area contributed by atoms with Gasteiger partial charge in [-0.25, -0.2) is 4.79 Å². The molecule has 0 saturated heterocycles. The molecule has 0 saturated carbocycles. The Bertz CT molecular complexity index is 353. The average Bonchev–Trinajstić information content (AvgIpc) is 2.03. The Kier molecular flexibility index (Phi) is 5.75. The molecule has 0 spiro atoms. The quantitative estimate of drug-likeness (QED) is 0.481. The van der Waals surface area contributed by atoms with Crippen molar-refractivity contribution < 1.29 is 13.2 Å². The topological polar surface area (TPSA) is 51.2 Å². The van der Waals surface area contributed by atoms with E-state index in [1.54, 1.807) is 6.08 Å². The third-order valence-electron chi connectivity index (χ3n) is 1.01. The van der Waals surface area contributed by atoms with E-state index in [1.807, 2.05) is 24.2 Å². The van der Waals surface area contributed by atoms with Crippen molar-refractivity contribution in [1.82, 2.24) is 0 Å². The van der Waals surface area contributed by atoms with Crippen molar-refractivity contribution in [2.45, 2.75) is 6.42 Å². The van der Waals surface area contributed by atoms with Crippen molar-refractivity contribution >= 4 is 35.6 Å². The monoisotopic (exact) mass is 240 g/mol. The first kappa shape index (κ1) is 12.5. The maximum absolute atomic E-state index is 9.91. The summed E-state index contributed by atoms with van der Waals surface area (Å²) in [5.74, 6) is 1.83. The largest absolute Gasteiger partial charge is 0.317 e. The highest BCUT2D eigenvalue weighted by Crippen LogP contribution is 2.04. The van der Waals surface area contributed by atoms with Crippen molar-refractivity contribution in [3.05, 3.63) is 29.9 Å². The van der Waals surface area contributed by atoms with Gasteiger partial charge in [0.05, 0.1) is 0 Å². The van der Waals surface area contributed by atoms with Gasteiger partial charge in [-0.2, -0.15) is 8.42 Å². The van der Waals surface area contributed by atoms with E-state index in [9.17, 15) is 4.79 Å². The van der Waals surface area contributed by atoms with E-state index < -0.39 is 8.26 Å². The normalized spacial score (nSPS) is 14.5. The van der Waals surface area contributed by atoms with Crippen LogP contribution in [0.3, 0.4) is 0 Å². The minimum atomic E-state index is -3.72. The summed E-state index contributed by atoms with van der Waals surface area (Å²) < 4.78 is 18.3. The molecule has 0 N–H and O–H groups in total. The van der Waals surface area contributed by atoms with Crippen LogP contribution >= 0.6 is 21.4 Å². The predicted octanol–water partition coefficient (Wildman–Crippen LogP) is 1.97. The predicted molar refractivity (Wildman–Crippen MR) is 52.7 cm³/mol. The fourth-order valence-corrected chi connectivity index (χ4v) is 0.589. The van der Waals surface area contributed by atoms with Crippen molar-refractivity contribution in [2.75, 3.05) is 0 Å². The summed E-state index contributed by atoms with van der Waals surface area (Å²) >= 11 is 0. The third-order valence-corrected chi connectivity index (χ3v) is 1.01. The maximum atomic E-state index is 9.91. The van der Waals surface area contributed by atoms with E-state index in [0.29, 0.717) is 0 Å². The Balaban J connectivity index is 0.000000252. The van der Waals surface area contributed by atoms with Gasteiger partial charge in [-0.3, -0.25) is 0 Å². The molecule has 1 rings (SSSR count). The number of hydrogen-bond donors (Lipinski definition) is 0. The summed E-state index contributed by atoms with van der Waals surface area (Å²) in [5, 5.41) is 0. The summed E-state index contributed by atoms with van der Waals surface area (Å²) in [4.78, 5) is 9.91. The highest BCUT2D eigenvalue weighted by Gasteiger charge is 1.90. The number of halogens is 2. The fourth-order valence-electron chi connectivity index (χ4n) is 0.589. The minimum absolute atomic E-state index is 0.729. The molecule has 0 aromatic rings. The number of hydrogen-bond acceptors (Lipinski definition) is 3. The Labute approximate surface area is 85.3 Å². The van der Waals surface area contributed by atoms with Crippen LogP contribution in [0.1, 0.15) is 6.42 Å². The molecule has 0 radical (unpaired) electrons. The first-order chi connectivity index (χ1) is 5.93. The second-order valence-corrected chi connectivity index (χ2v) is 5.67. The zero-order valence-corrected chi connectivity index (χ0v) is 8.73. The van der Waals surface area contributed by atoms with Crippen LogP contribution in [-0.4, -0.2) is 14.4 Å². The van der Waals surface area contributed by atoms with Gasteiger partial charge in [0, 0.05) is 33.4 Å². The summed E-state index contributed by atoms with van der Waals surface area (Å²) in [6, 6.07) is 0. The van der Waals surface area contributed by atoms with E-state index >= 15 is 0 Å². The molecule has 0 aromatic heterocycles. The molecule has 6 heteroatoms. The summed E-state index contributed by atoms with van der Waals surface area (Å²) in [6.45, 7) is 0. The molecule has 3 nitrogen and oxygen atoms in total. The van der Waals surface area contributed by atoms with Gasteiger partial charge in [-0.05, 0) is 6.08 Å². The molecule has 1 aliphatic rings. The number of rotatable bonds is 0. The van der Waals surface area contributed by atoms with Crippen LogP contribution < -0.4 is 0 Å². The van der Waals surface area contributed by atoms with Gasteiger partial charge in [0.2, 0.25) is 0 Å². The second kappa shape index (κ2) is 6.00. The number of allylic oxidation sites excluding steroid dienone is 5. The molecule has 0 bridgehead atoms. The molecule has 13 heavy (non-hydrogen) atoms. The van der Waals surface area contributed by atoms with Crippen molar-refractivity contribution in [1.29, 1.82) is 0 Å².